The number of aromatic nitrogens is 4. The van der Waals surface area contributed by atoms with Crippen LogP contribution in [0.1, 0.15) is 54.8 Å². The molecule has 1 atom stereocenters. The molecule has 1 aliphatic rings. The van der Waals surface area contributed by atoms with E-state index in [0.29, 0.717) is 24.2 Å². The van der Waals surface area contributed by atoms with E-state index in [4.69, 9.17) is 0 Å². The van der Waals surface area contributed by atoms with Gasteiger partial charge in [-0.05, 0) is 31.9 Å². The molecule has 0 radical (unpaired) electrons. The first-order valence-electron chi connectivity index (χ1n) is 8.31. The fourth-order valence-corrected chi connectivity index (χ4v) is 2.90. The number of likely N-dealkylation sites (tertiary alicyclic amines) is 1. The van der Waals surface area contributed by atoms with Gasteiger partial charge in [0.05, 0.1) is 18.3 Å². The van der Waals surface area contributed by atoms with Crippen molar-refractivity contribution >= 4 is 5.91 Å². The van der Waals surface area contributed by atoms with E-state index < -0.39 is 5.60 Å². The molecule has 2 aromatic heterocycles. The molecular weight excluding hydrogens is 306 g/mol. The SMILES string of the molecule is CCc1cncc(C(=O)N2CC[C@](O)(c3cn(C(C)C)nn3)C2)c1. The second-order valence-corrected chi connectivity index (χ2v) is 6.62. The first kappa shape index (κ1) is 16.6. The predicted molar refractivity (Wildman–Crippen MR) is 88.4 cm³/mol. The van der Waals surface area contributed by atoms with E-state index in [9.17, 15) is 9.90 Å². The lowest BCUT2D eigenvalue weighted by Gasteiger charge is -2.21. The van der Waals surface area contributed by atoms with Gasteiger partial charge in [-0.2, -0.15) is 0 Å². The zero-order valence-corrected chi connectivity index (χ0v) is 14.3. The maximum atomic E-state index is 12.7. The second-order valence-electron chi connectivity index (χ2n) is 6.62. The smallest absolute Gasteiger partial charge is 0.255 e. The molecule has 3 heterocycles. The number of amides is 1. The topological polar surface area (TPSA) is 84.1 Å². The summed E-state index contributed by atoms with van der Waals surface area (Å²) in [6.07, 6.45) is 6.39. The Morgan fingerprint density at radius 1 is 1.42 bits per heavy atom. The van der Waals surface area contributed by atoms with Crippen LogP contribution in [0.25, 0.3) is 0 Å². The zero-order valence-electron chi connectivity index (χ0n) is 14.3. The highest BCUT2D eigenvalue weighted by Gasteiger charge is 2.42. The quantitative estimate of drug-likeness (QED) is 0.920. The summed E-state index contributed by atoms with van der Waals surface area (Å²) in [4.78, 5) is 18.5. The lowest BCUT2D eigenvalue weighted by molar-refractivity contribution is 0.0381. The number of carbonyl (C=O) groups is 1. The van der Waals surface area contributed by atoms with Gasteiger partial charge in [-0.15, -0.1) is 5.10 Å². The van der Waals surface area contributed by atoms with Crippen LogP contribution in [0.15, 0.2) is 24.7 Å². The van der Waals surface area contributed by atoms with Crippen LogP contribution in [0.3, 0.4) is 0 Å². The van der Waals surface area contributed by atoms with Crippen LogP contribution in [0, 0.1) is 0 Å². The van der Waals surface area contributed by atoms with Crippen LogP contribution in [0.4, 0.5) is 0 Å². The van der Waals surface area contributed by atoms with Crippen LogP contribution < -0.4 is 0 Å². The Hall–Kier alpha value is -2.28. The minimum Gasteiger partial charge on any atom is -0.381 e. The summed E-state index contributed by atoms with van der Waals surface area (Å²) < 4.78 is 1.71. The molecule has 3 rings (SSSR count). The summed E-state index contributed by atoms with van der Waals surface area (Å²) in [6, 6.07) is 2.04. The predicted octanol–water partition coefficient (Wildman–Crippen LogP) is 1.55. The molecule has 24 heavy (non-hydrogen) atoms. The number of β-amino-alcohol motifs (C(OH)–C–C–N with tert-alkyl or cyclic N) is 1. The van der Waals surface area contributed by atoms with Crippen LogP contribution in [0.2, 0.25) is 0 Å². The van der Waals surface area contributed by atoms with Gasteiger partial charge < -0.3 is 10.0 Å². The van der Waals surface area contributed by atoms with Crippen molar-refractivity contribution in [2.24, 2.45) is 0 Å². The minimum absolute atomic E-state index is 0.107. The summed E-state index contributed by atoms with van der Waals surface area (Å²) in [5.41, 5.74) is 0.963. The monoisotopic (exact) mass is 329 g/mol. The van der Waals surface area contributed by atoms with Gasteiger partial charge >= 0.3 is 0 Å². The van der Waals surface area contributed by atoms with Crippen molar-refractivity contribution in [3.8, 4) is 0 Å². The van der Waals surface area contributed by atoms with Crippen molar-refractivity contribution in [2.75, 3.05) is 13.1 Å². The molecule has 1 aliphatic heterocycles. The highest BCUT2D eigenvalue weighted by Crippen LogP contribution is 2.31. The second kappa shape index (κ2) is 6.32. The lowest BCUT2D eigenvalue weighted by Crippen LogP contribution is -2.34. The molecule has 1 fully saturated rings. The lowest BCUT2D eigenvalue weighted by atomic mass is 10.00. The van der Waals surface area contributed by atoms with Crippen molar-refractivity contribution < 1.29 is 9.90 Å². The summed E-state index contributed by atoms with van der Waals surface area (Å²) in [7, 11) is 0. The number of hydrogen-bond acceptors (Lipinski definition) is 5. The fourth-order valence-electron chi connectivity index (χ4n) is 2.90. The summed E-state index contributed by atoms with van der Waals surface area (Å²) in [6.45, 7) is 6.73. The Balaban J connectivity index is 1.77. The third-order valence-corrected chi connectivity index (χ3v) is 4.50. The Kier molecular flexibility index (Phi) is 4.36. The Morgan fingerprint density at radius 3 is 2.88 bits per heavy atom. The molecular formula is C17H23N5O2. The number of aryl methyl sites for hydroxylation is 1. The highest BCUT2D eigenvalue weighted by molar-refractivity contribution is 5.94. The van der Waals surface area contributed by atoms with Crippen LogP contribution in [-0.4, -0.2) is 49.0 Å². The number of rotatable bonds is 4. The summed E-state index contributed by atoms with van der Waals surface area (Å²) in [5, 5.41) is 19.0. The molecule has 7 nitrogen and oxygen atoms in total. The number of nitrogens with zero attached hydrogens (tertiary/aromatic N) is 5. The molecule has 1 N–H and O–H groups in total. The molecule has 1 amide bonds. The Labute approximate surface area is 141 Å². The van der Waals surface area contributed by atoms with Crippen LogP contribution in [-0.2, 0) is 12.0 Å². The van der Waals surface area contributed by atoms with E-state index in [1.165, 1.54) is 0 Å². The largest absolute Gasteiger partial charge is 0.381 e. The minimum atomic E-state index is -1.14. The average Bonchev–Trinajstić information content (AvgIpc) is 3.22. The van der Waals surface area contributed by atoms with E-state index in [0.717, 1.165) is 12.0 Å². The number of pyridine rings is 1. The normalized spacial score (nSPS) is 20.8. The van der Waals surface area contributed by atoms with E-state index in [-0.39, 0.29) is 18.5 Å². The molecule has 2 aromatic rings. The first-order valence-corrected chi connectivity index (χ1v) is 8.31. The van der Waals surface area contributed by atoms with Crippen LogP contribution in [0.5, 0.6) is 0 Å². The van der Waals surface area contributed by atoms with Gasteiger partial charge in [0.1, 0.15) is 11.3 Å². The molecule has 128 valence electrons. The van der Waals surface area contributed by atoms with E-state index in [1.54, 1.807) is 28.2 Å². The van der Waals surface area contributed by atoms with Gasteiger partial charge in [-0.3, -0.25) is 9.78 Å². The van der Waals surface area contributed by atoms with Crippen molar-refractivity contribution in [3.63, 3.8) is 0 Å². The standard InChI is InChI=1S/C17H23N5O2/c1-4-13-7-14(9-18-8-13)16(23)21-6-5-17(24,11-21)15-10-22(12(2)3)20-19-15/h7-10,12,24H,4-6,11H2,1-3H3/t17-/m1/s1. The molecule has 0 aromatic carbocycles. The highest BCUT2D eigenvalue weighted by atomic mass is 16.3. The van der Waals surface area contributed by atoms with Gasteiger partial charge in [0.2, 0.25) is 0 Å². The van der Waals surface area contributed by atoms with Gasteiger partial charge in [-0.25, -0.2) is 4.68 Å². The van der Waals surface area contributed by atoms with Gasteiger partial charge in [0, 0.05) is 31.4 Å². The Morgan fingerprint density at radius 2 is 2.21 bits per heavy atom. The molecule has 7 heteroatoms. The van der Waals surface area contributed by atoms with Gasteiger partial charge in [-0.1, -0.05) is 12.1 Å². The summed E-state index contributed by atoms with van der Waals surface area (Å²) >= 11 is 0. The first-order chi connectivity index (χ1) is 11.4. The third-order valence-electron chi connectivity index (χ3n) is 4.50. The third kappa shape index (κ3) is 3.03. The van der Waals surface area contributed by atoms with E-state index in [2.05, 4.69) is 15.3 Å². The van der Waals surface area contributed by atoms with Gasteiger partial charge in [0.15, 0.2) is 0 Å². The molecule has 0 spiro atoms. The maximum absolute atomic E-state index is 12.7. The van der Waals surface area contributed by atoms with Crippen molar-refractivity contribution in [3.05, 3.63) is 41.5 Å². The Bertz CT molecular complexity index is 742. The zero-order chi connectivity index (χ0) is 17.3. The number of hydrogen-bond donors (Lipinski definition) is 1. The van der Waals surface area contributed by atoms with E-state index in [1.807, 2.05) is 26.8 Å². The van der Waals surface area contributed by atoms with Crippen molar-refractivity contribution in [1.29, 1.82) is 0 Å². The van der Waals surface area contributed by atoms with Crippen molar-refractivity contribution in [1.82, 2.24) is 24.9 Å². The molecule has 0 aliphatic carbocycles. The molecule has 0 unspecified atom stereocenters. The molecule has 0 bridgehead atoms. The fraction of sp³-hybridized carbons (Fsp3) is 0.529. The summed E-state index contributed by atoms with van der Waals surface area (Å²) in [5.74, 6) is -0.107. The molecule has 1 saturated heterocycles. The van der Waals surface area contributed by atoms with E-state index >= 15 is 0 Å². The van der Waals surface area contributed by atoms with Gasteiger partial charge in [0.25, 0.3) is 5.91 Å². The average molecular weight is 329 g/mol. The maximum Gasteiger partial charge on any atom is 0.255 e. The molecule has 0 saturated carbocycles. The van der Waals surface area contributed by atoms with Crippen LogP contribution >= 0.6 is 0 Å². The number of aliphatic hydroxyl groups is 1. The van der Waals surface area contributed by atoms with Crippen molar-refractivity contribution in [2.45, 2.75) is 45.3 Å². The number of carbonyl (C=O) groups excluding carboxylic acids is 1.